The Morgan fingerprint density at radius 2 is 1.20 bits per heavy atom. The van der Waals surface area contributed by atoms with E-state index in [1.807, 2.05) is 0 Å². The van der Waals surface area contributed by atoms with Gasteiger partial charge in [0, 0.05) is 53.8 Å². The van der Waals surface area contributed by atoms with Gasteiger partial charge < -0.3 is 0 Å². The van der Waals surface area contributed by atoms with Crippen LogP contribution in [0.5, 0.6) is 0 Å². The van der Waals surface area contributed by atoms with Gasteiger partial charge in [0.2, 0.25) is 0 Å². The van der Waals surface area contributed by atoms with Gasteiger partial charge in [-0.3, -0.25) is 4.57 Å². The van der Waals surface area contributed by atoms with Crippen molar-refractivity contribution in [3.8, 4) is 0 Å². The molecule has 1 nitrogen and oxygen atoms in total. The molecule has 0 fully saturated rings. The van der Waals surface area contributed by atoms with Crippen molar-refractivity contribution < 1.29 is 4.57 Å². The summed E-state index contributed by atoms with van der Waals surface area (Å²) in [6.45, 7) is 0. The van der Waals surface area contributed by atoms with E-state index in [0.29, 0.717) is 0 Å². The van der Waals surface area contributed by atoms with E-state index in [4.69, 9.17) is 4.57 Å². The molecule has 0 aromatic rings. The Morgan fingerprint density at radius 3 is 1.20 bits per heavy atom. The maximum atomic E-state index is 7.94. The standard InChI is InChI=1S/Al.Ge.Li.OP/c;;;1-2. The molecule has 0 aliphatic rings. The Hall–Kier alpha value is 1.77. The third-order valence-electron chi connectivity index (χ3n) is 0. The molecule has 5 heavy (non-hydrogen) atoms. The molecule has 0 bridgehead atoms. The quantitative estimate of drug-likeness (QED) is 0.342. The summed E-state index contributed by atoms with van der Waals surface area (Å²) in [5.74, 6) is 0. The van der Waals surface area contributed by atoms with Crippen LogP contribution in [0.4, 0.5) is 0 Å². The van der Waals surface area contributed by atoms with Crippen LogP contribution in [0, 0.1) is 0 Å². The first-order valence-electron chi connectivity index (χ1n) is 0.183. The van der Waals surface area contributed by atoms with Crippen LogP contribution in [-0.4, -0.2) is 53.8 Å². The van der Waals surface area contributed by atoms with E-state index in [1.165, 1.54) is 0 Å². The average Bonchev–Trinajstić information content (AvgIpc) is 1.00. The molecule has 0 saturated heterocycles. The smallest absolute Gasteiger partial charge is 0.261 e. The van der Waals surface area contributed by atoms with Crippen LogP contribution in [-0.2, 0) is 4.57 Å². The van der Waals surface area contributed by atoms with Crippen LogP contribution < -0.4 is 0 Å². The van der Waals surface area contributed by atoms with Gasteiger partial charge in [-0.1, -0.05) is 0 Å². The zero-order valence-corrected chi connectivity index (χ0v) is 7.08. The van der Waals surface area contributed by atoms with Crippen LogP contribution in [0.15, 0.2) is 0 Å². The Kier molecular flexibility index (Phi) is 246. The molecule has 0 amide bonds. The fraction of sp³-hybridized carbons (Fsp3) is 0. The van der Waals surface area contributed by atoms with Crippen LogP contribution in [0.2, 0.25) is 0 Å². The first-order chi connectivity index (χ1) is 1.00. The first-order valence-corrected chi connectivity index (χ1v) is 0.548. The summed E-state index contributed by atoms with van der Waals surface area (Å²) < 4.78 is 7.94. The van der Waals surface area contributed by atoms with Crippen molar-refractivity contribution in [1.29, 1.82) is 0 Å². The molecule has 0 aliphatic heterocycles. The van der Waals surface area contributed by atoms with Crippen LogP contribution in [0.1, 0.15) is 0 Å². The molecule has 0 aromatic heterocycles. The third-order valence-corrected chi connectivity index (χ3v) is 0. The zero-order chi connectivity index (χ0) is 2.00. The molecule has 0 spiro atoms. The minimum atomic E-state index is 0. The molecule has 0 atom stereocenters. The van der Waals surface area contributed by atoms with E-state index in [-0.39, 0.29) is 53.8 Å². The Labute approximate surface area is 67.2 Å². The number of hydrogen-bond acceptors (Lipinski definition) is 1. The maximum absolute atomic E-state index is 7.94. The second kappa shape index (κ2) is 41.8. The second-order valence-electron chi connectivity index (χ2n) is 0. The van der Waals surface area contributed by atoms with E-state index in [1.54, 1.807) is 0 Å². The largest absolute Gasteiger partial charge is 0.261 e. The molecule has 0 N–H and O–H groups in total. The van der Waals surface area contributed by atoms with Gasteiger partial charge in [0.15, 0.2) is 0 Å². The fourth-order valence-electron chi connectivity index (χ4n) is 0. The minimum absolute atomic E-state index is 0. The summed E-state index contributed by atoms with van der Waals surface area (Å²) in [7, 11) is 2.28. The zero-order valence-electron chi connectivity index (χ0n) is 2.93. The van der Waals surface area contributed by atoms with E-state index < -0.39 is 0 Å². The Bertz CT molecular complexity index is 11.6. The van der Waals surface area contributed by atoms with Gasteiger partial charge in [-0.15, -0.1) is 0 Å². The van der Waals surface area contributed by atoms with E-state index in [2.05, 4.69) is 9.12 Å². The Morgan fingerprint density at radius 1 is 1.20 bits per heavy atom. The van der Waals surface area contributed by atoms with Gasteiger partial charge in [-0.05, 0) is 0 Å². The number of hydrogen-bond donors (Lipinski definition) is 0. The van der Waals surface area contributed by atoms with E-state index >= 15 is 0 Å². The van der Waals surface area contributed by atoms with Gasteiger partial charge >= 0.3 is 0 Å². The maximum Gasteiger partial charge on any atom is 0.261 e. The van der Waals surface area contributed by atoms with E-state index in [9.17, 15) is 0 Å². The SMILES string of the molecule is O=[P].[Al].[Ge].[Li]. The number of rotatable bonds is 0. The molecular weight excluding hydrogens is 154 g/mol. The van der Waals surface area contributed by atoms with Crippen molar-refractivity contribution in [1.82, 2.24) is 0 Å². The Balaban J connectivity index is -0.00000000167. The van der Waals surface area contributed by atoms with Crippen molar-refractivity contribution in [2.45, 2.75) is 0 Å². The summed E-state index contributed by atoms with van der Waals surface area (Å²) in [6.07, 6.45) is 0. The predicted molar refractivity (Wildman–Crippen MR) is 24.9 cm³/mol. The molecule has 9 radical (unpaired) electrons. The van der Waals surface area contributed by atoms with Gasteiger partial charge in [0.25, 0.3) is 9.12 Å². The predicted octanol–water partition coefficient (Wildman–Crippen LogP) is -0.400. The molecule has 19 valence electrons. The van der Waals surface area contributed by atoms with Crippen LogP contribution >= 0.6 is 9.12 Å². The molecular formula is AlGeLiOP. The van der Waals surface area contributed by atoms with Gasteiger partial charge in [0.1, 0.15) is 0 Å². The van der Waals surface area contributed by atoms with Gasteiger partial charge in [0.05, 0.1) is 0 Å². The van der Waals surface area contributed by atoms with Crippen molar-refractivity contribution in [3.05, 3.63) is 0 Å². The van der Waals surface area contributed by atoms with Crippen molar-refractivity contribution in [3.63, 3.8) is 0 Å². The van der Waals surface area contributed by atoms with Crippen LogP contribution in [0.3, 0.4) is 0 Å². The van der Waals surface area contributed by atoms with Crippen LogP contribution in [0.25, 0.3) is 0 Å². The van der Waals surface area contributed by atoms with Gasteiger partial charge in [-0.25, -0.2) is 0 Å². The van der Waals surface area contributed by atoms with E-state index in [0.717, 1.165) is 0 Å². The molecule has 0 saturated carbocycles. The molecule has 0 unspecified atom stereocenters. The topological polar surface area (TPSA) is 17.1 Å². The molecule has 0 aromatic carbocycles. The summed E-state index contributed by atoms with van der Waals surface area (Å²) in [6, 6.07) is 0. The summed E-state index contributed by atoms with van der Waals surface area (Å²) in [4.78, 5) is 0. The molecule has 0 rings (SSSR count). The van der Waals surface area contributed by atoms with Crippen molar-refractivity contribution >= 4 is 62.9 Å². The average molecular weight is 154 g/mol. The van der Waals surface area contributed by atoms with Gasteiger partial charge in [-0.2, -0.15) is 0 Å². The fourth-order valence-corrected chi connectivity index (χ4v) is 0. The van der Waals surface area contributed by atoms with Crippen molar-refractivity contribution in [2.24, 2.45) is 0 Å². The monoisotopic (exact) mass is 155 g/mol. The normalized spacial score (nSPS) is 0.800. The molecule has 5 heteroatoms. The van der Waals surface area contributed by atoms with Crippen molar-refractivity contribution in [2.75, 3.05) is 0 Å². The summed E-state index contributed by atoms with van der Waals surface area (Å²) in [5.41, 5.74) is 0. The first kappa shape index (κ1) is 29.4. The second-order valence-corrected chi connectivity index (χ2v) is 0. The summed E-state index contributed by atoms with van der Waals surface area (Å²) >= 11 is 0. The molecule has 0 aliphatic carbocycles. The summed E-state index contributed by atoms with van der Waals surface area (Å²) in [5, 5.41) is 0. The molecule has 0 heterocycles. The minimum Gasteiger partial charge on any atom is -0.261 e. The third kappa shape index (κ3) is 26.1.